The average molecular weight is 261 g/mol. The Hall–Kier alpha value is -0.410. The summed E-state index contributed by atoms with van der Waals surface area (Å²) in [5.41, 5.74) is -0.610. The van der Waals surface area contributed by atoms with E-state index in [-0.39, 0.29) is 6.61 Å². The van der Waals surface area contributed by atoms with Crippen molar-refractivity contribution >= 4 is 15.9 Å². The van der Waals surface area contributed by atoms with Crippen LogP contribution in [0.25, 0.3) is 0 Å². The maximum Gasteiger partial charge on any atom is 0.114 e. The summed E-state index contributed by atoms with van der Waals surface area (Å²) in [7, 11) is 0. The number of hydrogen-bond acceptors (Lipinski definition) is 1. The molecule has 1 N–H and O–H groups in total. The number of benzene rings is 1. The highest BCUT2D eigenvalue weighted by atomic mass is 79.9. The van der Waals surface area contributed by atoms with E-state index in [0.717, 1.165) is 10.0 Å². The first-order chi connectivity index (χ1) is 6.46. The third-order valence-electron chi connectivity index (χ3n) is 2.29. The molecule has 0 aliphatic carbocycles. The summed E-state index contributed by atoms with van der Waals surface area (Å²) >= 11 is 3.35. The molecule has 0 aromatic heterocycles. The lowest BCUT2D eigenvalue weighted by Gasteiger charge is -2.26. The fourth-order valence-corrected chi connectivity index (χ4v) is 2.00. The Balaban J connectivity index is 3.08. The summed E-state index contributed by atoms with van der Waals surface area (Å²) in [5, 5.41) is 9.18. The molecule has 78 valence electrons. The molecule has 1 aromatic carbocycles. The quantitative estimate of drug-likeness (QED) is 0.885. The normalized spacial score (nSPS) is 14.1. The first-order valence-corrected chi connectivity index (χ1v) is 5.30. The minimum absolute atomic E-state index is 0.188. The van der Waals surface area contributed by atoms with Crippen LogP contribution in [0.4, 0.5) is 4.39 Å². The van der Waals surface area contributed by atoms with Gasteiger partial charge in [-0.05, 0) is 25.5 Å². The van der Waals surface area contributed by atoms with Crippen LogP contribution in [0.1, 0.15) is 25.3 Å². The third kappa shape index (κ3) is 2.55. The van der Waals surface area contributed by atoms with Crippen LogP contribution in [0, 0.1) is 0 Å². The molecule has 0 bridgehead atoms. The van der Waals surface area contributed by atoms with E-state index in [4.69, 9.17) is 0 Å². The molecular formula is C11H14BrFO. The molecule has 0 saturated heterocycles. The molecule has 0 fully saturated rings. The lowest BCUT2D eigenvalue weighted by Crippen LogP contribution is -2.27. The van der Waals surface area contributed by atoms with Crippen LogP contribution in [0.5, 0.6) is 0 Å². The van der Waals surface area contributed by atoms with Gasteiger partial charge in [-0.1, -0.05) is 34.1 Å². The van der Waals surface area contributed by atoms with Crippen LogP contribution in [-0.4, -0.2) is 17.4 Å². The van der Waals surface area contributed by atoms with E-state index in [2.05, 4.69) is 15.9 Å². The van der Waals surface area contributed by atoms with E-state index in [1.165, 1.54) is 13.8 Å². The van der Waals surface area contributed by atoms with Gasteiger partial charge in [0, 0.05) is 10.4 Å². The SMILES string of the molecule is CC(C)(F)C(CO)c1ccccc1Br. The van der Waals surface area contributed by atoms with Gasteiger partial charge in [-0.25, -0.2) is 4.39 Å². The summed E-state index contributed by atoms with van der Waals surface area (Å²) in [5.74, 6) is -0.488. The van der Waals surface area contributed by atoms with Crippen LogP contribution in [0.3, 0.4) is 0 Å². The molecule has 14 heavy (non-hydrogen) atoms. The van der Waals surface area contributed by atoms with E-state index < -0.39 is 11.6 Å². The third-order valence-corrected chi connectivity index (χ3v) is 3.01. The van der Waals surface area contributed by atoms with Gasteiger partial charge in [-0.2, -0.15) is 0 Å². The van der Waals surface area contributed by atoms with Crippen molar-refractivity contribution in [1.29, 1.82) is 0 Å². The fourth-order valence-electron chi connectivity index (χ4n) is 1.44. The van der Waals surface area contributed by atoms with Gasteiger partial charge in [0.2, 0.25) is 0 Å². The molecule has 0 amide bonds. The summed E-state index contributed by atoms with van der Waals surface area (Å²) in [6.45, 7) is 2.77. The van der Waals surface area contributed by atoms with Crippen LogP contribution in [0.15, 0.2) is 28.7 Å². The first kappa shape index (κ1) is 11.7. The highest BCUT2D eigenvalue weighted by Crippen LogP contribution is 2.34. The Kier molecular flexibility index (Phi) is 3.67. The Morgan fingerprint density at radius 1 is 1.43 bits per heavy atom. The minimum Gasteiger partial charge on any atom is -0.396 e. The van der Waals surface area contributed by atoms with E-state index in [0.29, 0.717) is 0 Å². The number of aliphatic hydroxyl groups is 1. The smallest absolute Gasteiger partial charge is 0.114 e. The van der Waals surface area contributed by atoms with E-state index in [1.807, 2.05) is 24.3 Å². The van der Waals surface area contributed by atoms with Crippen molar-refractivity contribution in [3.05, 3.63) is 34.3 Å². The van der Waals surface area contributed by atoms with Crippen LogP contribution in [-0.2, 0) is 0 Å². The molecule has 0 spiro atoms. The molecule has 1 atom stereocenters. The van der Waals surface area contributed by atoms with E-state index in [1.54, 1.807) is 0 Å². The molecule has 0 aliphatic heterocycles. The zero-order valence-corrected chi connectivity index (χ0v) is 9.88. The maximum absolute atomic E-state index is 13.7. The van der Waals surface area contributed by atoms with Crippen LogP contribution < -0.4 is 0 Å². The Bertz CT molecular complexity index is 306. The Labute approximate surface area is 92.1 Å². The largest absolute Gasteiger partial charge is 0.396 e. The van der Waals surface area contributed by atoms with Crippen LogP contribution in [0.2, 0.25) is 0 Å². The summed E-state index contributed by atoms with van der Waals surface area (Å²) < 4.78 is 14.6. The highest BCUT2D eigenvalue weighted by molar-refractivity contribution is 9.10. The van der Waals surface area contributed by atoms with E-state index in [9.17, 15) is 9.50 Å². The van der Waals surface area contributed by atoms with Gasteiger partial charge in [0.1, 0.15) is 5.67 Å². The molecule has 0 heterocycles. The monoisotopic (exact) mass is 260 g/mol. The lowest BCUT2D eigenvalue weighted by atomic mass is 9.87. The molecule has 1 aromatic rings. The fraction of sp³-hybridized carbons (Fsp3) is 0.455. The molecule has 0 radical (unpaired) electrons. The number of alkyl halides is 1. The van der Waals surface area contributed by atoms with Crippen molar-refractivity contribution in [2.75, 3.05) is 6.61 Å². The molecule has 0 aliphatic rings. The standard InChI is InChI=1S/C11H14BrFO/c1-11(2,13)9(7-14)8-5-3-4-6-10(8)12/h3-6,9,14H,7H2,1-2H3. The number of hydrogen-bond donors (Lipinski definition) is 1. The summed E-state index contributed by atoms with van der Waals surface area (Å²) in [6.07, 6.45) is 0. The number of halogens is 2. The van der Waals surface area contributed by atoms with Gasteiger partial charge in [0.15, 0.2) is 0 Å². The van der Waals surface area contributed by atoms with Crippen LogP contribution >= 0.6 is 15.9 Å². The van der Waals surface area contributed by atoms with Crippen molar-refractivity contribution in [2.45, 2.75) is 25.4 Å². The van der Waals surface area contributed by atoms with E-state index >= 15 is 0 Å². The summed E-state index contributed by atoms with van der Waals surface area (Å²) in [6, 6.07) is 7.39. The van der Waals surface area contributed by atoms with Gasteiger partial charge < -0.3 is 5.11 Å². The van der Waals surface area contributed by atoms with Gasteiger partial charge in [0.05, 0.1) is 6.61 Å². The van der Waals surface area contributed by atoms with Gasteiger partial charge in [-0.3, -0.25) is 0 Å². The molecule has 1 unspecified atom stereocenters. The zero-order chi connectivity index (χ0) is 10.8. The zero-order valence-electron chi connectivity index (χ0n) is 8.30. The highest BCUT2D eigenvalue weighted by Gasteiger charge is 2.30. The average Bonchev–Trinajstić information content (AvgIpc) is 2.07. The van der Waals surface area contributed by atoms with Crippen molar-refractivity contribution in [3.8, 4) is 0 Å². The van der Waals surface area contributed by atoms with Crippen molar-refractivity contribution in [3.63, 3.8) is 0 Å². The second-order valence-electron chi connectivity index (χ2n) is 3.82. The van der Waals surface area contributed by atoms with Crippen molar-refractivity contribution in [1.82, 2.24) is 0 Å². The Morgan fingerprint density at radius 2 is 2.00 bits per heavy atom. The van der Waals surface area contributed by atoms with Gasteiger partial charge in [-0.15, -0.1) is 0 Å². The predicted octanol–water partition coefficient (Wildman–Crippen LogP) is 3.27. The summed E-state index contributed by atoms with van der Waals surface area (Å²) in [4.78, 5) is 0. The Morgan fingerprint density at radius 3 is 2.43 bits per heavy atom. The number of rotatable bonds is 3. The van der Waals surface area contributed by atoms with Gasteiger partial charge in [0.25, 0.3) is 0 Å². The molecule has 3 heteroatoms. The maximum atomic E-state index is 13.7. The van der Waals surface area contributed by atoms with Crippen molar-refractivity contribution in [2.24, 2.45) is 0 Å². The lowest BCUT2D eigenvalue weighted by molar-refractivity contribution is 0.119. The molecule has 0 saturated carbocycles. The molecule has 1 nitrogen and oxygen atoms in total. The number of aliphatic hydroxyl groups excluding tert-OH is 1. The molecular weight excluding hydrogens is 247 g/mol. The van der Waals surface area contributed by atoms with Crippen molar-refractivity contribution < 1.29 is 9.50 Å². The first-order valence-electron chi connectivity index (χ1n) is 4.51. The topological polar surface area (TPSA) is 20.2 Å². The second kappa shape index (κ2) is 4.41. The molecule has 1 rings (SSSR count). The van der Waals surface area contributed by atoms with Gasteiger partial charge >= 0.3 is 0 Å². The predicted molar refractivity (Wildman–Crippen MR) is 59.2 cm³/mol. The minimum atomic E-state index is -1.42. The second-order valence-corrected chi connectivity index (χ2v) is 4.68.